The number of ether oxygens (including phenoxy) is 1. The minimum Gasteiger partial charge on any atom is -0.360 e. The number of nitrogens with one attached hydrogen (secondary N) is 1. The van der Waals surface area contributed by atoms with Gasteiger partial charge in [0.25, 0.3) is 0 Å². The third-order valence-corrected chi connectivity index (χ3v) is 11.3. The summed E-state index contributed by atoms with van der Waals surface area (Å²) >= 11 is 6.43. The van der Waals surface area contributed by atoms with Crippen LogP contribution >= 0.6 is 11.6 Å². The summed E-state index contributed by atoms with van der Waals surface area (Å²) in [5.41, 5.74) is 0.203. The zero-order chi connectivity index (χ0) is 29.8. The fourth-order valence-corrected chi connectivity index (χ4v) is 8.60. The Morgan fingerprint density at radius 3 is 2.20 bits per heavy atom. The molecule has 238 valence electrons. The maximum absolute atomic E-state index is 13.9. The monoisotopic (exact) mass is 594 g/mol. The van der Waals surface area contributed by atoms with Gasteiger partial charge in [-0.05, 0) is 95.4 Å². The van der Waals surface area contributed by atoms with Crippen LogP contribution in [0.5, 0.6) is 0 Å². The number of carbonyl (C=O) groups excluding carboxylic acids is 1. The van der Waals surface area contributed by atoms with Gasteiger partial charge in [0.15, 0.2) is 0 Å². The number of amides is 1. The summed E-state index contributed by atoms with van der Waals surface area (Å²) in [6, 6.07) is 0.579. The van der Waals surface area contributed by atoms with E-state index >= 15 is 0 Å². The fourth-order valence-electron chi connectivity index (χ4n) is 8.35. The molecule has 2 saturated heterocycles. The normalized spacial score (nSPS) is 33.5. The average Bonchev–Trinajstić information content (AvgIpc) is 2.91. The molecule has 0 aromatic heterocycles. The number of hydrogen-bond donors (Lipinski definition) is 1. The van der Waals surface area contributed by atoms with Gasteiger partial charge in [0.1, 0.15) is 0 Å². The number of alkyl halides is 1. The van der Waals surface area contributed by atoms with Gasteiger partial charge in [0.2, 0.25) is 5.91 Å². The topological polar surface area (TPSA) is 48.1 Å². The van der Waals surface area contributed by atoms with Crippen molar-refractivity contribution in [3.63, 3.8) is 0 Å². The average molecular weight is 595 g/mol. The summed E-state index contributed by atoms with van der Waals surface area (Å²) < 4.78 is 6.03. The van der Waals surface area contributed by atoms with E-state index in [-0.39, 0.29) is 17.6 Å². The number of nitrogens with zero attached hydrogens (tertiary/aromatic N) is 3. The lowest BCUT2D eigenvalue weighted by Gasteiger charge is -2.49. The summed E-state index contributed by atoms with van der Waals surface area (Å²) in [6.07, 6.45) is 10.8. The van der Waals surface area contributed by atoms with Crippen LogP contribution in [0.4, 0.5) is 0 Å². The maximum atomic E-state index is 13.9. The second kappa shape index (κ2) is 14.6. The molecule has 2 saturated carbocycles. The number of piperidine rings is 1. The maximum Gasteiger partial charge on any atom is 0.224 e. The Morgan fingerprint density at radius 1 is 0.927 bits per heavy atom. The van der Waals surface area contributed by atoms with Crippen molar-refractivity contribution in [1.29, 1.82) is 0 Å². The summed E-state index contributed by atoms with van der Waals surface area (Å²) in [5.74, 6) is 2.46. The summed E-state index contributed by atoms with van der Waals surface area (Å²) in [4.78, 5) is 21.6. The van der Waals surface area contributed by atoms with Crippen LogP contribution in [0.15, 0.2) is 0 Å². The minimum atomic E-state index is -0.105. The Balaban J connectivity index is 1.30. The number of rotatable bonds is 9. The Labute approximate surface area is 257 Å². The molecule has 1 amide bonds. The number of piperazine rings is 1. The molecule has 4 atom stereocenters. The van der Waals surface area contributed by atoms with Crippen LogP contribution in [0, 0.1) is 29.1 Å². The van der Waals surface area contributed by atoms with Crippen molar-refractivity contribution >= 4 is 17.5 Å². The molecular weight excluding hydrogens is 532 g/mol. The van der Waals surface area contributed by atoms with E-state index in [0.29, 0.717) is 35.4 Å². The zero-order valence-electron chi connectivity index (χ0n) is 27.6. The quantitative estimate of drug-likeness (QED) is 0.321. The lowest BCUT2D eigenvalue weighted by atomic mass is 9.64. The molecular formula is C34H63ClN4O2. The molecule has 4 aliphatic rings. The molecule has 7 heteroatoms. The standard InChI is InChI=1S/C34H63ClN4O2/c1-25(2)30(22-38-17-16-29(34(6,7)23-38)26-12-14-27(35)15-13-26)36-32(40)28-10-8-9-11-31(28)39-20-18-37(19-21-39)24-41-33(3,4)5/h25-31H,8-24H2,1-7H3,(H,36,40)/t26?,27?,28?,29?,30-,31?/m0/s1. The molecule has 0 bridgehead atoms. The van der Waals surface area contributed by atoms with Crippen molar-refractivity contribution in [1.82, 2.24) is 20.0 Å². The van der Waals surface area contributed by atoms with Gasteiger partial charge in [-0.15, -0.1) is 11.6 Å². The van der Waals surface area contributed by atoms with E-state index < -0.39 is 0 Å². The highest BCUT2D eigenvalue weighted by atomic mass is 35.5. The molecule has 0 radical (unpaired) electrons. The smallest absolute Gasteiger partial charge is 0.224 e. The third kappa shape index (κ3) is 9.54. The van der Waals surface area contributed by atoms with Crippen molar-refractivity contribution in [2.24, 2.45) is 29.1 Å². The van der Waals surface area contributed by atoms with E-state index in [2.05, 4.69) is 68.5 Å². The number of hydrogen-bond acceptors (Lipinski definition) is 5. The van der Waals surface area contributed by atoms with E-state index in [1.807, 2.05) is 0 Å². The zero-order valence-corrected chi connectivity index (χ0v) is 28.4. The molecule has 4 fully saturated rings. The van der Waals surface area contributed by atoms with Gasteiger partial charge in [-0.2, -0.15) is 0 Å². The van der Waals surface area contributed by atoms with E-state index in [1.54, 1.807) is 0 Å². The van der Waals surface area contributed by atoms with Crippen LogP contribution in [-0.2, 0) is 9.53 Å². The van der Waals surface area contributed by atoms with Gasteiger partial charge in [-0.1, -0.05) is 40.5 Å². The first-order valence-electron chi connectivity index (χ1n) is 17.1. The van der Waals surface area contributed by atoms with Crippen LogP contribution < -0.4 is 5.32 Å². The third-order valence-electron chi connectivity index (χ3n) is 10.9. The van der Waals surface area contributed by atoms with Crippen molar-refractivity contribution in [3.05, 3.63) is 0 Å². The Kier molecular flexibility index (Phi) is 11.9. The summed E-state index contributed by atoms with van der Waals surface area (Å²) in [5, 5.41) is 4.00. The molecule has 41 heavy (non-hydrogen) atoms. The van der Waals surface area contributed by atoms with Crippen LogP contribution in [0.2, 0.25) is 0 Å². The van der Waals surface area contributed by atoms with Gasteiger partial charge < -0.3 is 15.0 Å². The van der Waals surface area contributed by atoms with Crippen LogP contribution in [0.3, 0.4) is 0 Å². The minimum absolute atomic E-state index is 0.105. The Morgan fingerprint density at radius 2 is 1.59 bits per heavy atom. The molecule has 6 nitrogen and oxygen atoms in total. The van der Waals surface area contributed by atoms with Crippen LogP contribution in [0.25, 0.3) is 0 Å². The first-order valence-corrected chi connectivity index (χ1v) is 17.5. The second-order valence-corrected chi connectivity index (χ2v) is 16.6. The first kappa shape index (κ1) is 33.5. The lowest BCUT2D eigenvalue weighted by molar-refractivity contribution is -0.131. The molecule has 3 unspecified atom stereocenters. The van der Waals surface area contributed by atoms with Gasteiger partial charge in [0, 0.05) is 56.7 Å². The lowest BCUT2D eigenvalue weighted by Crippen LogP contribution is -2.58. The van der Waals surface area contributed by atoms with Crippen molar-refractivity contribution in [2.45, 2.75) is 129 Å². The highest BCUT2D eigenvalue weighted by Crippen LogP contribution is 2.45. The highest BCUT2D eigenvalue weighted by Gasteiger charge is 2.42. The van der Waals surface area contributed by atoms with Gasteiger partial charge in [-0.3, -0.25) is 14.6 Å². The first-order chi connectivity index (χ1) is 19.3. The van der Waals surface area contributed by atoms with E-state index in [1.165, 1.54) is 44.9 Å². The highest BCUT2D eigenvalue weighted by molar-refractivity contribution is 6.20. The van der Waals surface area contributed by atoms with Crippen LogP contribution in [-0.4, -0.2) is 96.2 Å². The van der Waals surface area contributed by atoms with Crippen molar-refractivity contribution < 1.29 is 9.53 Å². The SMILES string of the molecule is CC(C)[C@H](CN1CCC(C2CCC(Cl)CC2)C(C)(C)C1)NC(=O)C1CCCCC1N1CCN(COC(C)(C)C)CC1. The second-order valence-electron chi connectivity index (χ2n) is 16.0. The predicted molar refractivity (Wildman–Crippen MR) is 171 cm³/mol. The summed E-state index contributed by atoms with van der Waals surface area (Å²) in [6.45, 7) is 24.0. The number of halogens is 1. The van der Waals surface area contributed by atoms with Gasteiger partial charge in [-0.25, -0.2) is 0 Å². The molecule has 2 aliphatic heterocycles. The predicted octanol–water partition coefficient (Wildman–Crippen LogP) is 6.22. The van der Waals surface area contributed by atoms with Gasteiger partial charge in [0.05, 0.1) is 18.2 Å². The van der Waals surface area contributed by atoms with E-state index in [4.69, 9.17) is 16.3 Å². The van der Waals surface area contributed by atoms with Crippen molar-refractivity contribution in [3.8, 4) is 0 Å². The fraction of sp³-hybridized carbons (Fsp3) is 0.971. The molecule has 0 spiro atoms. The number of carbonyl (C=O) groups is 1. The molecule has 2 heterocycles. The number of likely N-dealkylation sites (tertiary alicyclic amines) is 1. The van der Waals surface area contributed by atoms with E-state index in [9.17, 15) is 4.79 Å². The van der Waals surface area contributed by atoms with Crippen molar-refractivity contribution in [2.75, 3.05) is 52.5 Å². The summed E-state index contributed by atoms with van der Waals surface area (Å²) in [7, 11) is 0. The van der Waals surface area contributed by atoms with Gasteiger partial charge >= 0.3 is 0 Å². The van der Waals surface area contributed by atoms with E-state index in [0.717, 1.165) is 70.5 Å². The molecule has 0 aromatic carbocycles. The Hall–Kier alpha value is -0.400. The molecule has 4 rings (SSSR count). The van der Waals surface area contributed by atoms with Crippen LogP contribution in [0.1, 0.15) is 106 Å². The molecule has 0 aromatic rings. The Bertz CT molecular complexity index is 814. The molecule has 1 N–H and O–H groups in total. The largest absolute Gasteiger partial charge is 0.360 e. The molecule has 2 aliphatic carbocycles.